The summed E-state index contributed by atoms with van der Waals surface area (Å²) in [6.45, 7) is 4.12. The Balaban J connectivity index is 2.25. The molecule has 2 atom stereocenters. The zero-order valence-electron chi connectivity index (χ0n) is 11.4. The van der Waals surface area contributed by atoms with Gasteiger partial charge in [0, 0.05) is 12.5 Å². The van der Waals surface area contributed by atoms with Crippen LogP contribution in [0, 0.1) is 5.82 Å². The number of carbonyl (C=O) groups is 1. The quantitative estimate of drug-likeness (QED) is 0.793. The molecule has 1 amide bonds. The van der Waals surface area contributed by atoms with E-state index in [1.807, 2.05) is 13.8 Å². The van der Waals surface area contributed by atoms with E-state index >= 15 is 0 Å². The highest BCUT2D eigenvalue weighted by molar-refractivity contribution is 5.75. The summed E-state index contributed by atoms with van der Waals surface area (Å²) < 4.78 is 18.2. The van der Waals surface area contributed by atoms with E-state index in [-0.39, 0.29) is 23.9 Å². The SMILES string of the molecule is CC(N)CCC(=O)NCC(C)Oc1ccc(F)cc1. The molecule has 3 N–H and O–H groups in total. The molecule has 0 aliphatic heterocycles. The van der Waals surface area contributed by atoms with Gasteiger partial charge in [0.2, 0.25) is 5.91 Å². The Morgan fingerprint density at radius 3 is 2.58 bits per heavy atom. The molecule has 106 valence electrons. The number of benzene rings is 1. The van der Waals surface area contributed by atoms with Crippen LogP contribution in [0.5, 0.6) is 5.75 Å². The standard InChI is InChI=1S/C14H21FN2O2/c1-10(16)3-8-14(18)17-9-11(2)19-13-6-4-12(15)5-7-13/h4-7,10-11H,3,8-9,16H2,1-2H3,(H,17,18). The van der Waals surface area contributed by atoms with E-state index in [0.717, 1.165) is 0 Å². The molecule has 2 unspecified atom stereocenters. The second kappa shape index (κ2) is 7.74. The maximum Gasteiger partial charge on any atom is 0.220 e. The molecule has 1 aromatic rings. The van der Waals surface area contributed by atoms with Gasteiger partial charge in [-0.1, -0.05) is 0 Å². The predicted molar refractivity (Wildman–Crippen MR) is 72.4 cm³/mol. The first kappa shape index (κ1) is 15.4. The number of halogens is 1. The number of carbonyl (C=O) groups excluding carboxylic acids is 1. The fourth-order valence-corrected chi connectivity index (χ4v) is 1.49. The maximum atomic E-state index is 12.7. The Morgan fingerprint density at radius 1 is 1.37 bits per heavy atom. The minimum atomic E-state index is -0.302. The lowest BCUT2D eigenvalue weighted by Gasteiger charge is -2.15. The molecule has 0 radical (unpaired) electrons. The van der Waals surface area contributed by atoms with Crippen LogP contribution in [0.4, 0.5) is 4.39 Å². The molecule has 0 aliphatic carbocycles. The van der Waals surface area contributed by atoms with Crippen molar-refractivity contribution in [2.75, 3.05) is 6.54 Å². The number of ether oxygens (including phenoxy) is 1. The Labute approximate surface area is 113 Å². The van der Waals surface area contributed by atoms with Crippen molar-refractivity contribution in [3.05, 3.63) is 30.1 Å². The van der Waals surface area contributed by atoms with E-state index in [1.165, 1.54) is 12.1 Å². The third kappa shape index (κ3) is 6.76. The highest BCUT2D eigenvalue weighted by atomic mass is 19.1. The Morgan fingerprint density at radius 2 is 2.00 bits per heavy atom. The van der Waals surface area contributed by atoms with Gasteiger partial charge in [0.05, 0.1) is 6.54 Å². The minimum absolute atomic E-state index is 0.0265. The van der Waals surface area contributed by atoms with Gasteiger partial charge in [0.25, 0.3) is 0 Å². The zero-order chi connectivity index (χ0) is 14.3. The van der Waals surface area contributed by atoms with Crippen LogP contribution in [-0.4, -0.2) is 24.6 Å². The molecule has 0 bridgehead atoms. The number of nitrogens with one attached hydrogen (secondary N) is 1. The molecule has 0 saturated carbocycles. The van der Waals surface area contributed by atoms with E-state index in [4.69, 9.17) is 10.5 Å². The van der Waals surface area contributed by atoms with Gasteiger partial charge in [0.15, 0.2) is 0 Å². The number of amides is 1. The Kier molecular flexibility index (Phi) is 6.29. The van der Waals surface area contributed by atoms with Crippen molar-refractivity contribution >= 4 is 5.91 Å². The number of rotatable bonds is 7. The van der Waals surface area contributed by atoms with Crippen LogP contribution in [0.25, 0.3) is 0 Å². The van der Waals surface area contributed by atoms with Crippen LogP contribution in [0.2, 0.25) is 0 Å². The lowest BCUT2D eigenvalue weighted by molar-refractivity contribution is -0.121. The van der Waals surface area contributed by atoms with Crippen LogP contribution in [0.15, 0.2) is 24.3 Å². The van der Waals surface area contributed by atoms with Crippen molar-refractivity contribution in [3.8, 4) is 5.75 Å². The summed E-state index contributed by atoms with van der Waals surface area (Å²) in [5, 5.41) is 2.78. The van der Waals surface area contributed by atoms with E-state index in [1.54, 1.807) is 12.1 Å². The zero-order valence-corrected chi connectivity index (χ0v) is 11.4. The van der Waals surface area contributed by atoms with Crippen LogP contribution in [-0.2, 0) is 4.79 Å². The second-order valence-corrected chi connectivity index (χ2v) is 4.70. The fraction of sp³-hybridized carbons (Fsp3) is 0.500. The van der Waals surface area contributed by atoms with Crippen molar-refractivity contribution in [1.82, 2.24) is 5.32 Å². The molecule has 19 heavy (non-hydrogen) atoms. The van der Waals surface area contributed by atoms with Crippen molar-refractivity contribution in [2.45, 2.75) is 38.8 Å². The van der Waals surface area contributed by atoms with Crippen LogP contribution in [0.1, 0.15) is 26.7 Å². The van der Waals surface area contributed by atoms with Crippen LogP contribution >= 0.6 is 0 Å². The molecule has 0 saturated heterocycles. The lowest BCUT2D eigenvalue weighted by Crippen LogP contribution is -2.34. The van der Waals surface area contributed by atoms with Gasteiger partial charge in [-0.25, -0.2) is 4.39 Å². The molecule has 0 heterocycles. The van der Waals surface area contributed by atoms with Crippen molar-refractivity contribution < 1.29 is 13.9 Å². The van der Waals surface area contributed by atoms with E-state index < -0.39 is 0 Å². The fourth-order valence-electron chi connectivity index (χ4n) is 1.49. The van der Waals surface area contributed by atoms with Crippen LogP contribution in [0.3, 0.4) is 0 Å². The first-order chi connectivity index (χ1) is 8.97. The average Bonchev–Trinajstić information content (AvgIpc) is 2.36. The van der Waals surface area contributed by atoms with Crippen molar-refractivity contribution in [1.29, 1.82) is 0 Å². The van der Waals surface area contributed by atoms with Crippen molar-refractivity contribution in [3.63, 3.8) is 0 Å². The van der Waals surface area contributed by atoms with Gasteiger partial charge in [-0.3, -0.25) is 4.79 Å². The topological polar surface area (TPSA) is 64.4 Å². The van der Waals surface area contributed by atoms with Gasteiger partial charge >= 0.3 is 0 Å². The predicted octanol–water partition coefficient (Wildman–Crippen LogP) is 1.84. The molecule has 0 aliphatic rings. The maximum absolute atomic E-state index is 12.7. The molecule has 0 spiro atoms. The summed E-state index contributed by atoms with van der Waals surface area (Å²) in [5.74, 6) is 0.245. The summed E-state index contributed by atoms with van der Waals surface area (Å²) in [4.78, 5) is 11.5. The summed E-state index contributed by atoms with van der Waals surface area (Å²) in [6, 6.07) is 5.82. The average molecular weight is 268 g/mol. The van der Waals surface area contributed by atoms with Gasteiger partial charge < -0.3 is 15.8 Å². The number of hydrogen-bond acceptors (Lipinski definition) is 3. The molecule has 4 nitrogen and oxygen atoms in total. The molecule has 1 rings (SSSR count). The van der Waals surface area contributed by atoms with E-state index in [0.29, 0.717) is 25.1 Å². The minimum Gasteiger partial charge on any atom is -0.489 e. The largest absolute Gasteiger partial charge is 0.489 e. The van der Waals surface area contributed by atoms with Gasteiger partial charge in [-0.15, -0.1) is 0 Å². The van der Waals surface area contributed by atoms with Crippen molar-refractivity contribution in [2.24, 2.45) is 5.73 Å². The second-order valence-electron chi connectivity index (χ2n) is 4.70. The highest BCUT2D eigenvalue weighted by Crippen LogP contribution is 2.12. The molecular weight excluding hydrogens is 247 g/mol. The van der Waals surface area contributed by atoms with E-state index in [9.17, 15) is 9.18 Å². The van der Waals surface area contributed by atoms with Gasteiger partial charge in [-0.05, 0) is 44.5 Å². The highest BCUT2D eigenvalue weighted by Gasteiger charge is 2.08. The molecule has 5 heteroatoms. The molecular formula is C14H21FN2O2. The summed E-state index contributed by atoms with van der Waals surface area (Å²) in [6.07, 6.45) is 0.907. The lowest BCUT2D eigenvalue weighted by atomic mass is 10.2. The summed E-state index contributed by atoms with van der Waals surface area (Å²) in [5.41, 5.74) is 5.58. The molecule has 1 aromatic carbocycles. The number of nitrogens with two attached hydrogens (primary N) is 1. The third-order valence-electron chi connectivity index (χ3n) is 2.56. The summed E-state index contributed by atoms with van der Waals surface area (Å²) >= 11 is 0. The van der Waals surface area contributed by atoms with E-state index in [2.05, 4.69) is 5.32 Å². The monoisotopic (exact) mass is 268 g/mol. The normalized spacial score (nSPS) is 13.7. The summed E-state index contributed by atoms with van der Waals surface area (Å²) in [7, 11) is 0. The van der Waals surface area contributed by atoms with Gasteiger partial charge in [0.1, 0.15) is 17.7 Å². The first-order valence-corrected chi connectivity index (χ1v) is 6.42. The first-order valence-electron chi connectivity index (χ1n) is 6.42. The van der Waals surface area contributed by atoms with Crippen LogP contribution < -0.4 is 15.8 Å². The number of hydrogen-bond donors (Lipinski definition) is 2. The third-order valence-corrected chi connectivity index (χ3v) is 2.56. The Bertz CT molecular complexity index is 393. The molecule has 0 fully saturated rings. The molecule has 0 aromatic heterocycles. The Hall–Kier alpha value is -1.62. The van der Waals surface area contributed by atoms with Gasteiger partial charge in [-0.2, -0.15) is 0 Å². The smallest absolute Gasteiger partial charge is 0.220 e.